The molecule has 13 heavy (non-hydrogen) atoms. The summed E-state index contributed by atoms with van der Waals surface area (Å²) >= 11 is 0. The molecule has 0 aliphatic heterocycles. The molecule has 70 valence electrons. The van der Waals surface area contributed by atoms with E-state index in [0.29, 0.717) is 11.3 Å². The van der Waals surface area contributed by atoms with Crippen molar-refractivity contribution in [3.8, 4) is 5.75 Å². The van der Waals surface area contributed by atoms with Crippen LogP contribution >= 0.6 is 0 Å². The zero-order valence-corrected chi connectivity index (χ0v) is 7.32. The molecular weight excluding hydrogens is 168 g/mol. The van der Waals surface area contributed by atoms with Crippen LogP contribution in [0.25, 0.3) is 0 Å². The molecule has 0 aliphatic rings. The molecule has 1 atom stereocenters. The van der Waals surface area contributed by atoms with E-state index in [1.165, 1.54) is 25.1 Å². The van der Waals surface area contributed by atoms with Crippen molar-refractivity contribution in [1.82, 2.24) is 0 Å². The fraction of sp³-hybridized carbons (Fsp3) is 0.222. The van der Waals surface area contributed by atoms with E-state index in [1.807, 2.05) is 0 Å². The first-order valence-electron chi connectivity index (χ1n) is 3.87. The second kappa shape index (κ2) is 3.45. The molecule has 0 aromatic heterocycles. The average Bonchev–Trinajstić information content (AvgIpc) is 2.08. The number of nitrogens with two attached hydrogens (primary N) is 2. The Labute approximate surface area is 76.2 Å². The van der Waals surface area contributed by atoms with Gasteiger partial charge in [0.25, 0.3) is 0 Å². The van der Waals surface area contributed by atoms with Gasteiger partial charge in [0, 0.05) is 11.3 Å². The summed E-state index contributed by atoms with van der Waals surface area (Å²) in [5, 5.41) is 9.15. The minimum absolute atomic E-state index is 0.0564. The monoisotopic (exact) mass is 180 g/mol. The van der Waals surface area contributed by atoms with E-state index in [0.717, 1.165) is 0 Å². The van der Waals surface area contributed by atoms with Crippen LogP contribution in [0.15, 0.2) is 18.2 Å². The zero-order chi connectivity index (χ0) is 10.0. The van der Waals surface area contributed by atoms with Gasteiger partial charge in [-0.3, -0.25) is 4.79 Å². The molecule has 0 spiro atoms. The molecule has 0 radical (unpaired) electrons. The van der Waals surface area contributed by atoms with Crippen molar-refractivity contribution in [2.75, 3.05) is 5.73 Å². The van der Waals surface area contributed by atoms with E-state index in [4.69, 9.17) is 16.6 Å². The number of carbonyl (C=O) groups excluding carboxylic acids is 1. The summed E-state index contributed by atoms with van der Waals surface area (Å²) < 4.78 is 0. The molecule has 1 unspecified atom stereocenters. The molecule has 1 aromatic carbocycles. The topological polar surface area (TPSA) is 89.3 Å². The fourth-order valence-corrected chi connectivity index (χ4v) is 1.05. The first kappa shape index (κ1) is 9.54. The second-order valence-corrected chi connectivity index (χ2v) is 2.90. The number of aromatic hydroxyl groups is 1. The summed E-state index contributed by atoms with van der Waals surface area (Å²) in [6.07, 6.45) is 0. The number of phenolic OH excluding ortho intramolecular Hbond substituents is 1. The fourth-order valence-electron chi connectivity index (χ4n) is 1.05. The summed E-state index contributed by atoms with van der Waals surface area (Å²) in [5.41, 5.74) is 12.0. The summed E-state index contributed by atoms with van der Waals surface area (Å²) in [6, 6.07) is 3.62. The molecule has 0 saturated carbocycles. The lowest BCUT2D eigenvalue weighted by Crippen LogP contribution is -2.19. The van der Waals surface area contributed by atoms with Crippen LogP contribution in [0.5, 0.6) is 5.75 Å². The maximum Gasteiger partial charge on any atom is 0.151 e. The number of benzene rings is 1. The molecule has 0 amide bonds. The lowest BCUT2D eigenvalue weighted by molar-refractivity contribution is -0.118. The smallest absolute Gasteiger partial charge is 0.151 e. The lowest BCUT2D eigenvalue weighted by atomic mass is 10.0. The van der Waals surface area contributed by atoms with Crippen LogP contribution in [0.3, 0.4) is 0 Å². The molecule has 1 rings (SSSR count). The van der Waals surface area contributed by atoms with Crippen LogP contribution in [0.4, 0.5) is 5.69 Å². The molecule has 0 aliphatic carbocycles. The maximum atomic E-state index is 10.9. The van der Waals surface area contributed by atoms with Gasteiger partial charge in [0.1, 0.15) is 5.75 Å². The standard InChI is InChI=1S/C9H12N2O2/c1-5(12)9(11)7-4-6(13)2-3-8(7)10/h2-4,9,13H,10-11H2,1H3. The number of anilines is 1. The van der Waals surface area contributed by atoms with Crippen LogP contribution in [0.2, 0.25) is 0 Å². The minimum atomic E-state index is -0.757. The summed E-state index contributed by atoms with van der Waals surface area (Å²) in [4.78, 5) is 10.9. The third-order valence-corrected chi connectivity index (χ3v) is 1.84. The number of carbonyl (C=O) groups is 1. The van der Waals surface area contributed by atoms with Crippen LogP contribution < -0.4 is 11.5 Å². The quantitative estimate of drug-likeness (QED) is 0.458. The first-order chi connectivity index (χ1) is 6.02. The Balaban J connectivity index is 3.12. The largest absolute Gasteiger partial charge is 0.508 e. The van der Waals surface area contributed by atoms with Gasteiger partial charge in [-0.25, -0.2) is 0 Å². The van der Waals surface area contributed by atoms with Crippen LogP contribution in [0.1, 0.15) is 18.5 Å². The highest BCUT2D eigenvalue weighted by atomic mass is 16.3. The highest BCUT2D eigenvalue weighted by molar-refractivity contribution is 5.84. The molecule has 1 aromatic rings. The average molecular weight is 180 g/mol. The van der Waals surface area contributed by atoms with E-state index >= 15 is 0 Å². The highest BCUT2D eigenvalue weighted by Gasteiger charge is 2.14. The number of phenols is 1. The van der Waals surface area contributed by atoms with Crippen LogP contribution in [-0.4, -0.2) is 10.9 Å². The van der Waals surface area contributed by atoms with Crippen molar-refractivity contribution in [3.63, 3.8) is 0 Å². The van der Waals surface area contributed by atoms with E-state index in [9.17, 15) is 4.79 Å². The predicted molar refractivity (Wildman–Crippen MR) is 50.1 cm³/mol. The van der Waals surface area contributed by atoms with Gasteiger partial charge in [0.05, 0.1) is 6.04 Å². The third-order valence-electron chi connectivity index (χ3n) is 1.84. The molecule has 0 bridgehead atoms. The molecule has 4 nitrogen and oxygen atoms in total. The third kappa shape index (κ3) is 1.97. The van der Waals surface area contributed by atoms with Crippen molar-refractivity contribution in [2.45, 2.75) is 13.0 Å². The first-order valence-corrected chi connectivity index (χ1v) is 3.87. The predicted octanol–water partition coefficient (Wildman–Crippen LogP) is 0.563. The van der Waals surface area contributed by atoms with E-state index in [2.05, 4.69) is 0 Å². The Morgan fingerprint density at radius 1 is 1.54 bits per heavy atom. The number of ketones is 1. The van der Waals surface area contributed by atoms with Crippen molar-refractivity contribution in [2.24, 2.45) is 5.73 Å². The van der Waals surface area contributed by atoms with Gasteiger partial charge in [-0.1, -0.05) is 0 Å². The SMILES string of the molecule is CC(=O)C(N)c1cc(O)ccc1N. The Kier molecular flexibility index (Phi) is 2.53. The highest BCUT2D eigenvalue weighted by Crippen LogP contribution is 2.23. The maximum absolute atomic E-state index is 10.9. The number of hydrogen-bond donors (Lipinski definition) is 3. The summed E-state index contributed by atoms with van der Waals surface area (Å²) in [6.45, 7) is 1.38. The van der Waals surface area contributed by atoms with Gasteiger partial charge < -0.3 is 16.6 Å². The van der Waals surface area contributed by atoms with Crippen molar-refractivity contribution in [1.29, 1.82) is 0 Å². The zero-order valence-electron chi connectivity index (χ0n) is 7.32. The van der Waals surface area contributed by atoms with Gasteiger partial charge in [0.2, 0.25) is 0 Å². The molecule has 5 N–H and O–H groups in total. The minimum Gasteiger partial charge on any atom is -0.508 e. The number of hydrogen-bond acceptors (Lipinski definition) is 4. The molecular formula is C9H12N2O2. The van der Waals surface area contributed by atoms with Gasteiger partial charge in [-0.15, -0.1) is 0 Å². The molecule has 0 saturated heterocycles. The summed E-state index contributed by atoms with van der Waals surface area (Å²) in [5.74, 6) is -0.127. The van der Waals surface area contributed by atoms with Gasteiger partial charge in [0.15, 0.2) is 5.78 Å². The van der Waals surface area contributed by atoms with Gasteiger partial charge in [-0.05, 0) is 25.1 Å². The lowest BCUT2D eigenvalue weighted by Gasteiger charge is -2.11. The Morgan fingerprint density at radius 2 is 2.15 bits per heavy atom. The van der Waals surface area contributed by atoms with E-state index in [-0.39, 0.29) is 11.5 Å². The number of Topliss-reactive ketones (excluding diaryl/α,β-unsaturated/α-hetero) is 1. The molecule has 0 heterocycles. The Hall–Kier alpha value is -1.55. The van der Waals surface area contributed by atoms with E-state index < -0.39 is 6.04 Å². The number of rotatable bonds is 2. The van der Waals surface area contributed by atoms with Crippen molar-refractivity contribution < 1.29 is 9.90 Å². The molecule has 4 heteroatoms. The van der Waals surface area contributed by atoms with Crippen molar-refractivity contribution >= 4 is 11.5 Å². The normalized spacial score (nSPS) is 12.5. The van der Waals surface area contributed by atoms with Gasteiger partial charge >= 0.3 is 0 Å². The number of nitrogen functional groups attached to an aromatic ring is 1. The van der Waals surface area contributed by atoms with Crippen molar-refractivity contribution in [3.05, 3.63) is 23.8 Å². The van der Waals surface area contributed by atoms with Gasteiger partial charge in [-0.2, -0.15) is 0 Å². The Morgan fingerprint density at radius 3 is 2.69 bits per heavy atom. The Bertz CT molecular complexity index is 336. The van der Waals surface area contributed by atoms with Crippen LogP contribution in [0, 0.1) is 0 Å². The molecule has 0 fully saturated rings. The van der Waals surface area contributed by atoms with E-state index in [1.54, 1.807) is 0 Å². The summed E-state index contributed by atoms with van der Waals surface area (Å²) in [7, 11) is 0. The second-order valence-electron chi connectivity index (χ2n) is 2.90. The van der Waals surface area contributed by atoms with Crippen LogP contribution in [-0.2, 0) is 4.79 Å².